The Labute approximate surface area is 409 Å². The number of ether oxygens (including phenoxy) is 3. The van der Waals surface area contributed by atoms with Crippen LogP contribution in [-0.4, -0.2) is 118 Å². The van der Waals surface area contributed by atoms with Crippen LogP contribution in [-0.2, 0) is 35.1 Å². The second-order valence-electron chi connectivity index (χ2n) is 20.2. The van der Waals surface area contributed by atoms with Gasteiger partial charge in [0, 0.05) is 37.0 Å². The molecule has 0 spiro atoms. The van der Waals surface area contributed by atoms with Crippen molar-refractivity contribution in [2.24, 2.45) is 23.7 Å². The van der Waals surface area contributed by atoms with Crippen molar-refractivity contribution in [2.45, 2.75) is 183 Å². The van der Waals surface area contributed by atoms with E-state index >= 15 is 0 Å². The van der Waals surface area contributed by atoms with Gasteiger partial charge < -0.3 is 40.2 Å². The van der Waals surface area contributed by atoms with E-state index < -0.39 is 59.7 Å². The summed E-state index contributed by atoms with van der Waals surface area (Å²) in [5.74, 6) is -3.22. The molecular weight excluding hydrogens is 889 g/mol. The highest BCUT2D eigenvalue weighted by Gasteiger charge is 2.38. The Balaban J connectivity index is 1.83. The Morgan fingerprint density at radius 1 is 0.897 bits per heavy atom. The van der Waals surface area contributed by atoms with Crippen LogP contribution in [0.5, 0.6) is 5.75 Å². The largest absolute Gasteiger partial charge is 0.481 e. The topological polar surface area (TPSA) is 206 Å². The number of benzene rings is 1. The Kier molecular flexibility index (Phi) is 23.4. The number of carboxylic acids is 1. The summed E-state index contributed by atoms with van der Waals surface area (Å²) < 4.78 is 17.4. The second kappa shape index (κ2) is 27.5. The van der Waals surface area contributed by atoms with Crippen molar-refractivity contribution in [3.8, 4) is 5.75 Å². The first-order chi connectivity index (χ1) is 32.0. The van der Waals surface area contributed by atoms with Crippen molar-refractivity contribution in [1.82, 2.24) is 30.7 Å². The average molecular weight is 971 g/mol. The molecular formula is C51H82N6O10S. The van der Waals surface area contributed by atoms with Gasteiger partial charge in [-0.3, -0.25) is 24.1 Å². The third-order valence-corrected chi connectivity index (χ3v) is 13.3. The molecule has 1 aliphatic heterocycles. The molecule has 0 unspecified atom stereocenters. The number of carbonyl (C=O) groups is 6. The van der Waals surface area contributed by atoms with Crippen molar-refractivity contribution in [3.63, 3.8) is 0 Å². The molecule has 1 fully saturated rings. The summed E-state index contributed by atoms with van der Waals surface area (Å²) in [6, 6.07) is 3.91. The number of likely N-dealkylation sites (N-methyl/N-ethyl adjacent to an activating group) is 1. The molecule has 1 aliphatic rings. The predicted molar refractivity (Wildman–Crippen MR) is 264 cm³/mol. The van der Waals surface area contributed by atoms with Crippen LogP contribution in [0.3, 0.4) is 0 Å². The van der Waals surface area contributed by atoms with Crippen molar-refractivity contribution in [1.29, 1.82) is 0 Å². The molecule has 16 nitrogen and oxygen atoms in total. The Hall–Kier alpha value is -4.61. The molecule has 2 aromatic rings. The maximum absolute atomic E-state index is 14.7. The van der Waals surface area contributed by atoms with Crippen LogP contribution in [0.25, 0.3) is 0 Å². The quantitative estimate of drug-likeness (QED) is 0.0520. The molecule has 1 saturated heterocycles. The maximum Gasteiger partial charge on any atom is 0.408 e. The summed E-state index contributed by atoms with van der Waals surface area (Å²) in [6.45, 7) is 24.4. The fourth-order valence-corrected chi connectivity index (χ4v) is 9.15. The van der Waals surface area contributed by atoms with Crippen molar-refractivity contribution < 1.29 is 48.1 Å². The fraction of sp³-hybridized carbons (Fsp3) is 0.706. The molecule has 382 valence electrons. The normalized spacial score (nSPS) is 17.5. The molecule has 0 radical (unpaired) electrons. The third kappa shape index (κ3) is 18.0. The first-order valence-corrected chi connectivity index (χ1v) is 25.6. The highest BCUT2D eigenvalue weighted by Crippen LogP contribution is 2.32. The van der Waals surface area contributed by atoms with E-state index in [9.17, 15) is 33.9 Å². The number of likely N-dealkylation sites (tertiary alicyclic amines) is 1. The SMILES string of the molecule is CCCO[C@H](C[C@H](C(C)C)N(CCC)C(=O)[C@@H](NC(=O)[C@H]1CCCCN1C)[C@@H](C)CC)c1nc(C(=O)N[C@@H](Cc2ccc(OC(=O)[C@H](NC(=O)OC(C)(C)C)C(C)C)cc2)C[C@H](C)C(=O)O)cs1. The van der Waals surface area contributed by atoms with Gasteiger partial charge in [-0.2, -0.15) is 0 Å². The van der Waals surface area contributed by atoms with E-state index in [2.05, 4.69) is 34.7 Å². The van der Waals surface area contributed by atoms with E-state index in [1.54, 1.807) is 71.2 Å². The Bertz CT molecular complexity index is 1930. The predicted octanol–water partition coefficient (Wildman–Crippen LogP) is 8.19. The van der Waals surface area contributed by atoms with E-state index in [4.69, 9.17) is 19.2 Å². The molecule has 17 heteroatoms. The second-order valence-corrected chi connectivity index (χ2v) is 21.0. The zero-order valence-electron chi connectivity index (χ0n) is 43.0. The Morgan fingerprint density at radius 3 is 2.13 bits per heavy atom. The zero-order valence-corrected chi connectivity index (χ0v) is 43.8. The molecule has 0 aliphatic carbocycles. The first kappa shape index (κ1) is 57.7. The number of carboxylic acid groups (broad SMARTS) is 1. The van der Waals surface area contributed by atoms with Gasteiger partial charge in [-0.05, 0) is 108 Å². The molecule has 4 amide bonds. The Morgan fingerprint density at radius 2 is 1.57 bits per heavy atom. The molecule has 8 atom stereocenters. The molecule has 3 rings (SSSR count). The smallest absolute Gasteiger partial charge is 0.408 e. The molecule has 4 N–H and O–H groups in total. The van der Waals surface area contributed by atoms with Crippen LogP contribution in [0.4, 0.5) is 4.79 Å². The zero-order chi connectivity index (χ0) is 50.9. The van der Waals surface area contributed by atoms with Gasteiger partial charge in [0.25, 0.3) is 5.91 Å². The molecule has 2 heterocycles. The number of rotatable bonds is 26. The summed E-state index contributed by atoms with van der Waals surface area (Å²) in [6.07, 6.45) is 4.53. The van der Waals surface area contributed by atoms with Crippen molar-refractivity contribution in [3.05, 3.63) is 45.9 Å². The number of aromatic nitrogens is 1. The summed E-state index contributed by atoms with van der Waals surface area (Å²) in [7, 11) is 1.97. The minimum atomic E-state index is -0.997. The van der Waals surface area contributed by atoms with Gasteiger partial charge in [-0.15, -0.1) is 11.3 Å². The molecule has 0 bridgehead atoms. The lowest BCUT2D eigenvalue weighted by atomic mass is 9.92. The summed E-state index contributed by atoms with van der Waals surface area (Å²) in [4.78, 5) is 88.8. The van der Waals surface area contributed by atoms with Crippen molar-refractivity contribution >= 4 is 47.1 Å². The number of hydrogen-bond acceptors (Lipinski definition) is 12. The number of esters is 1. The molecule has 68 heavy (non-hydrogen) atoms. The van der Waals surface area contributed by atoms with Gasteiger partial charge >= 0.3 is 18.0 Å². The minimum Gasteiger partial charge on any atom is -0.481 e. The van der Waals surface area contributed by atoms with Crippen LogP contribution in [0.15, 0.2) is 29.6 Å². The lowest BCUT2D eigenvalue weighted by Gasteiger charge is -2.40. The van der Waals surface area contributed by atoms with E-state index in [1.807, 2.05) is 39.6 Å². The molecule has 1 aromatic carbocycles. The van der Waals surface area contributed by atoms with Gasteiger partial charge in [0.1, 0.15) is 40.2 Å². The number of thiazole rings is 1. The lowest BCUT2D eigenvalue weighted by Crippen LogP contribution is -2.58. The highest BCUT2D eigenvalue weighted by molar-refractivity contribution is 7.09. The first-order valence-electron chi connectivity index (χ1n) is 24.7. The van der Waals surface area contributed by atoms with Gasteiger partial charge in [-0.1, -0.05) is 87.3 Å². The number of amides is 4. The monoisotopic (exact) mass is 971 g/mol. The van der Waals surface area contributed by atoms with E-state index in [0.717, 1.165) is 44.2 Å². The van der Waals surface area contributed by atoms with Crippen LogP contribution in [0.1, 0.15) is 162 Å². The lowest BCUT2D eigenvalue weighted by molar-refractivity contribution is -0.143. The molecule has 1 aromatic heterocycles. The van der Waals surface area contributed by atoms with Gasteiger partial charge in [0.05, 0.1) is 12.0 Å². The van der Waals surface area contributed by atoms with Crippen LogP contribution in [0, 0.1) is 23.7 Å². The van der Waals surface area contributed by atoms with Crippen LogP contribution >= 0.6 is 11.3 Å². The summed E-state index contributed by atoms with van der Waals surface area (Å²) in [5, 5.41) is 20.9. The number of piperidine rings is 1. The van der Waals surface area contributed by atoms with Crippen LogP contribution in [0.2, 0.25) is 0 Å². The number of carbonyl (C=O) groups excluding carboxylic acids is 5. The number of hydrogen-bond donors (Lipinski definition) is 4. The van der Waals surface area contributed by atoms with E-state index in [0.29, 0.717) is 31.0 Å². The summed E-state index contributed by atoms with van der Waals surface area (Å²) >= 11 is 1.30. The van der Waals surface area contributed by atoms with Crippen LogP contribution < -0.4 is 20.7 Å². The van der Waals surface area contributed by atoms with E-state index in [-0.39, 0.29) is 65.9 Å². The number of nitrogens with zero attached hydrogens (tertiary/aromatic N) is 3. The minimum absolute atomic E-state index is 0.0231. The maximum atomic E-state index is 14.7. The fourth-order valence-electron chi connectivity index (χ4n) is 8.29. The molecule has 0 saturated carbocycles. The standard InChI is InChI=1S/C51H82N6O10S/c1-14-24-57(47(60)43(33(8)16-3)54-45(59)39-19-17-18-25-56(39)13)40(31(4)5)29-41(65-26-15-2)46-53-38(30-68-46)44(58)52-36(27-34(9)48(61)62)28-35-20-22-37(23-21-35)66-49(63)42(32(6)7)55-50(64)67-51(10,11)12/h20-23,30-34,36,39-43H,14-19,24-29H2,1-13H3,(H,52,58)(H,54,59)(H,55,64)(H,61,62)/t33-,34-,36+,39+,40+,41+,42+,43-/m0/s1. The van der Waals surface area contributed by atoms with Gasteiger partial charge in [-0.25, -0.2) is 14.6 Å². The number of aliphatic carboxylic acids is 1. The van der Waals surface area contributed by atoms with Gasteiger partial charge in [0.15, 0.2) is 0 Å². The van der Waals surface area contributed by atoms with E-state index in [1.165, 1.54) is 11.3 Å². The highest BCUT2D eigenvalue weighted by atomic mass is 32.1. The average Bonchev–Trinajstić information content (AvgIpc) is 3.77. The number of nitrogens with one attached hydrogen (secondary N) is 3. The third-order valence-electron chi connectivity index (χ3n) is 12.4. The number of alkyl carbamates (subject to hydrolysis) is 1. The van der Waals surface area contributed by atoms with Gasteiger partial charge in [0.2, 0.25) is 11.8 Å². The van der Waals surface area contributed by atoms with Crippen molar-refractivity contribution in [2.75, 3.05) is 26.7 Å². The summed E-state index contributed by atoms with van der Waals surface area (Å²) in [5.41, 5.74) is 0.180.